The number of anilines is 1. The van der Waals surface area contributed by atoms with Crippen LogP contribution in [0.4, 0.5) is 17.1 Å². The minimum absolute atomic E-state index is 0.0138. The number of fused-ring (bicyclic) bond motifs is 3. The Morgan fingerprint density at radius 1 is 0.478 bits per heavy atom. The molecule has 3 aromatic carbocycles. The number of rotatable bonds is 5. The van der Waals surface area contributed by atoms with Crippen LogP contribution < -0.4 is 5.73 Å². The van der Waals surface area contributed by atoms with E-state index in [0.29, 0.717) is 32.1 Å². The van der Waals surface area contributed by atoms with E-state index in [9.17, 15) is 68.2 Å². The van der Waals surface area contributed by atoms with Crippen LogP contribution in [0, 0.1) is 20.2 Å². The number of hydrogen-bond acceptors (Lipinski definition) is 15. The molecule has 0 saturated heterocycles. The second-order valence-electron chi connectivity index (χ2n) is 16.8. The smallest absolute Gasteiger partial charge is 0.282 e. The predicted molar refractivity (Wildman–Crippen MR) is 234 cm³/mol. The fourth-order valence-electron chi connectivity index (χ4n) is 9.25. The lowest BCUT2D eigenvalue weighted by atomic mass is 10.1. The molecular formula is C47H42N6O14. The van der Waals surface area contributed by atoms with Crippen LogP contribution >= 0.6 is 0 Å². The maximum atomic E-state index is 12.6. The van der Waals surface area contributed by atoms with E-state index in [-0.39, 0.29) is 88.5 Å². The predicted octanol–water partition coefficient (Wildman–Crippen LogP) is 5.46. The van der Waals surface area contributed by atoms with E-state index < -0.39 is 80.6 Å². The summed E-state index contributed by atoms with van der Waals surface area (Å²) in [6, 6.07) is 9.92. The number of hydrogen-bond donors (Lipinski definition) is 1. The van der Waals surface area contributed by atoms with Gasteiger partial charge in [0.25, 0.3) is 46.8 Å². The highest BCUT2D eigenvalue weighted by Gasteiger charge is 2.48. The fourth-order valence-corrected chi connectivity index (χ4v) is 9.25. The molecule has 0 aromatic heterocycles. The highest BCUT2D eigenvalue weighted by Crippen LogP contribution is 2.37. The minimum atomic E-state index is -1.03. The highest BCUT2D eigenvalue weighted by atomic mass is 16.6. The summed E-state index contributed by atoms with van der Waals surface area (Å²) in [5.74, 6) is -4.93. The Morgan fingerprint density at radius 2 is 0.821 bits per heavy atom. The number of nitro groups is 2. The molecular weight excluding hydrogens is 873 g/mol. The Bertz CT molecular complexity index is 2680. The van der Waals surface area contributed by atoms with Gasteiger partial charge in [0.2, 0.25) is 0 Å². The van der Waals surface area contributed by atoms with E-state index in [1.807, 2.05) is 0 Å². The SMILES string of the molecule is C=C1CCC[C@H](N2C(=O)c3cccc(N)c3C2=O)C(=O)C1.C=C1CCC[C@H](N2C(=O)c3cccc([N+](=O)[O-])c3C2=O)C(=O)C1.O=C1CCC[C@@H](N2C(=O)c3cccc([N+](=O)[O-])c3C2=O)C(=O)C1. The Hall–Kier alpha value is -8.16. The van der Waals surface area contributed by atoms with Gasteiger partial charge in [-0.1, -0.05) is 42.5 Å². The first kappa shape index (κ1) is 46.8. The van der Waals surface area contributed by atoms with Crippen LogP contribution in [0.25, 0.3) is 0 Å². The highest BCUT2D eigenvalue weighted by molar-refractivity contribution is 6.27. The summed E-state index contributed by atoms with van der Waals surface area (Å²) in [5, 5.41) is 22.2. The molecule has 3 heterocycles. The molecule has 2 N–H and O–H groups in total. The number of benzene rings is 3. The molecule has 0 bridgehead atoms. The minimum Gasteiger partial charge on any atom is -0.398 e. The van der Waals surface area contributed by atoms with Crippen LogP contribution in [-0.2, 0) is 19.2 Å². The molecule has 344 valence electrons. The van der Waals surface area contributed by atoms with Gasteiger partial charge in [-0.25, -0.2) is 0 Å². The summed E-state index contributed by atoms with van der Waals surface area (Å²) < 4.78 is 0. The first-order valence-electron chi connectivity index (χ1n) is 21.3. The largest absolute Gasteiger partial charge is 0.398 e. The van der Waals surface area contributed by atoms with Gasteiger partial charge in [-0.05, 0) is 75.6 Å². The van der Waals surface area contributed by atoms with E-state index in [0.717, 1.165) is 44.8 Å². The number of nitrogens with zero attached hydrogens (tertiary/aromatic N) is 5. The van der Waals surface area contributed by atoms with Crippen LogP contribution in [-0.4, -0.2) is 101 Å². The van der Waals surface area contributed by atoms with Gasteiger partial charge in [0.1, 0.15) is 16.9 Å². The van der Waals surface area contributed by atoms with Crippen molar-refractivity contribution in [2.45, 2.75) is 95.2 Å². The maximum Gasteiger partial charge on any atom is 0.282 e. The summed E-state index contributed by atoms with van der Waals surface area (Å²) in [6.45, 7) is 7.65. The zero-order valence-corrected chi connectivity index (χ0v) is 35.9. The van der Waals surface area contributed by atoms with Gasteiger partial charge in [0.05, 0.1) is 56.6 Å². The van der Waals surface area contributed by atoms with Crippen molar-refractivity contribution in [2.75, 3.05) is 5.73 Å². The third-order valence-corrected chi connectivity index (χ3v) is 12.4. The molecule has 3 aliphatic heterocycles. The van der Waals surface area contributed by atoms with E-state index in [2.05, 4.69) is 13.2 Å². The van der Waals surface area contributed by atoms with Crippen LogP contribution in [0.3, 0.4) is 0 Å². The fraction of sp³-hybridized carbons (Fsp3) is 0.319. The number of nitrogens with two attached hydrogens (primary N) is 1. The number of ketones is 4. The van der Waals surface area contributed by atoms with Gasteiger partial charge in [-0.15, -0.1) is 0 Å². The van der Waals surface area contributed by atoms with Gasteiger partial charge in [-0.3, -0.25) is 82.9 Å². The quantitative estimate of drug-likeness (QED) is 0.0632. The van der Waals surface area contributed by atoms with E-state index in [4.69, 9.17) is 5.73 Å². The number of imide groups is 3. The standard InChI is InChI=1S/C16H14N2O5.C16H16N2O3.C15H12N2O6/c1-9-4-2-6-11(13(19)8-9)17-15(20)10-5-3-7-12(18(22)23)14(10)16(17)21;1-9-4-2-7-12(13(19)8-9)18-15(20)10-5-3-6-11(17)14(10)16(18)21;18-8-3-1-5-10(12(19)7-8)16-14(20)9-4-2-6-11(17(22)23)13(9)15(16)21/h3,5,7,11H,1-2,4,6,8H2;3,5-6,12H,1-2,4,7-8,17H2;2,4,6,10H,1,3,5,7H2/t11-;12-;10-/m001/s1. The van der Waals surface area contributed by atoms with Gasteiger partial charge < -0.3 is 5.73 Å². The number of Topliss-reactive ketones (excluding diaryl/α,β-unsaturated/α-hetero) is 4. The molecule has 20 nitrogen and oxygen atoms in total. The molecule has 3 aromatic rings. The topological polar surface area (TPSA) is 293 Å². The van der Waals surface area contributed by atoms with Gasteiger partial charge >= 0.3 is 0 Å². The first-order valence-corrected chi connectivity index (χ1v) is 21.3. The zero-order valence-electron chi connectivity index (χ0n) is 35.9. The molecule has 3 fully saturated rings. The number of amides is 6. The van der Waals surface area contributed by atoms with Crippen LogP contribution in [0.2, 0.25) is 0 Å². The summed E-state index contributed by atoms with van der Waals surface area (Å²) in [6.07, 6.45) is 4.52. The van der Waals surface area contributed by atoms with Crippen molar-refractivity contribution in [3.8, 4) is 0 Å². The third kappa shape index (κ3) is 8.72. The molecule has 0 spiro atoms. The normalized spacial score (nSPS) is 21.7. The maximum absolute atomic E-state index is 12.6. The van der Waals surface area contributed by atoms with Crippen molar-refractivity contribution in [1.82, 2.24) is 14.7 Å². The lowest BCUT2D eigenvalue weighted by molar-refractivity contribution is -0.385. The Balaban J connectivity index is 0.000000149. The van der Waals surface area contributed by atoms with Gasteiger partial charge in [0.15, 0.2) is 17.3 Å². The number of nitrogen functional groups attached to an aromatic ring is 1. The summed E-state index contributed by atoms with van der Waals surface area (Å²) >= 11 is 0. The molecule has 9 rings (SSSR count). The van der Waals surface area contributed by atoms with Crippen molar-refractivity contribution in [1.29, 1.82) is 0 Å². The first-order chi connectivity index (χ1) is 31.8. The van der Waals surface area contributed by atoms with Crippen LogP contribution in [0.1, 0.15) is 139 Å². The van der Waals surface area contributed by atoms with E-state index in [1.165, 1.54) is 30.3 Å². The van der Waals surface area contributed by atoms with Crippen molar-refractivity contribution in [3.63, 3.8) is 0 Å². The lowest BCUT2D eigenvalue weighted by Crippen LogP contribution is -2.44. The zero-order chi connectivity index (χ0) is 48.6. The second-order valence-corrected chi connectivity index (χ2v) is 16.8. The molecule has 3 aliphatic carbocycles. The van der Waals surface area contributed by atoms with E-state index >= 15 is 0 Å². The average molecular weight is 915 g/mol. The Labute approximate surface area is 380 Å². The van der Waals surface area contributed by atoms with Crippen molar-refractivity contribution < 1.29 is 57.8 Å². The van der Waals surface area contributed by atoms with Crippen molar-refractivity contribution in [3.05, 3.63) is 133 Å². The van der Waals surface area contributed by atoms with Crippen molar-refractivity contribution in [2.24, 2.45) is 0 Å². The molecule has 6 amide bonds. The summed E-state index contributed by atoms with van der Waals surface area (Å²) in [5.41, 5.74) is 6.76. The molecule has 0 unspecified atom stereocenters. The van der Waals surface area contributed by atoms with Crippen LogP contribution in [0.15, 0.2) is 78.9 Å². The summed E-state index contributed by atoms with van der Waals surface area (Å²) in [7, 11) is 0. The summed E-state index contributed by atoms with van der Waals surface area (Å²) in [4.78, 5) is 147. The Morgan fingerprint density at radius 3 is 1.21 bits per heavy atom. The van der Waals surface area contributed by atoms with Crippen LogP contribution in [0.5, 0.6) is 0 Å². The number of allylic oxidation sites excluding steroid dienone is 2. The average Bonchev–Trinajstić information content (AvgIpc) is 3.57. The molecule has 67 heavy (non-hydrogen) atoms. The third-order valence-electron chi connectivity index (χ3n) is 12.4. The van der Waals surface area contributed by atoms with E-state index in [1.54, 1.807) is 18.2 Å². The van der Waals surface area contributed by atoms with Gasteiger partial charge in [0, 0.05) is 37.1 Å². The molecule has 20 heteroatoms. The number of carbonyl (C=O) groups excluding carboxylic acids is 10. The molecule has 6 aliphatic rings. The monoisotopic (exact) mass is 914 g/mol. The molecule has 3 saturated carbocycles. The van der Waals surface area contributed by atoms with Gasteiger partial charge in [-0.2, -0.15) is 0 Å². The Kier molecular flexibility index (Phi) is 13.1. The number of nitro benzene ring substituents is 2. The second kappa shape index (κ2) is 18.7. The molecule has 3 atom stereocenters. The van der Waals surface area contributed by atoms with Crippen molar-refractivity contribution >= 4 is 75.6 Å². The molecule has 0 radical (unpaired) electrons. The number of carbonyl (C=O) groups is 10. The lowest BCUT2D eigenvalue weighted by Gasteiger charge is -2.23.